The Morgan fingerprint density at radius 1 is 1.04 bits per heavy atom. The van der Waals surface area contributed by atoms with Gasteiger partial charge in [-0.15, -0.1) is 0 Å². The Bertz CT molecular complexity index is 973. The highest BCUT2D eigenvalue weighted by Gasteiger charge is 2.25. The molecule has 1 aliphatic rings. The maximum atomic E-state index is 13.0. The van der Waals surface area contributed by atoms with E-state index >= 15 is 0 Å². The van der Waals surface area contributed by atoms with Gasteiger partial charge >= 0.3 is 0 Å². The molecule has 0 saturated carbocycles. The summed E-state index contributed by atoms with van der Waals surface area (Å²) in [5.74, 6) is 0.128. The van der Waals surface area contributed by atoms with E-state index in [0.717, 1.165) is 34.4 Å². The van der Waals surface area contributed by atoms with E-state index in [2.05, 4.69) is 4.72 Å². The topological polar surface area (TPSA) is 66.5 Å². The van der Waals surface area contributed by atoms with Gasteiger partial charge in [0.15, 0.2) is 0 Å². The molecule has 0 unspecified atom stereocenters. The minimum absolute atomic E-state index is 0.128. The van der Waals surface area contributed by atoms with Gasteiger partial charge in [0.2, 0.25) is 5.91 Å². The summed E-state index contributed by atoms with van der Waals surface area (Å²) in [6, 6.07) is 9.18. The van der Waals surface area contributed by atoms with Crippen LogP contribution in [0, 0.1) is 20.8 Å². The third-order valence-corrected chi connectivity index (χ3v) is 6.54. The van der Waals surface area contributed by atoms with Crippen LogP contribution in [0.5, 0.6) is 0 Å². The number of amides is 1. The molecule has 0 saturated heterocycles. The zero-order valence-corrected chi connectivity index (χ0v) is 17.1. The van der Waals surface area contributed by atoms with Crippen LogP contribution >= 0.6 is 0 Å². The quantitative estimate of drug-likeness (QED) is 0.841. The van der Waals surface area contributed by atoms with Crippen molar-refractivity contribution in [3.63, 3.8) is 0 Å². The van der Waals surface area contributed by atoms with Gasteiger partial charge in [-0.3, -0.25) is 9.52 Å². The summed E-state index contributed by atoms with van der Waals surface area (Å²) in [6.45, 7) is 8.30. The summed E-state index contributed by atoms with van der Waals surface area (Å²) < 4.78 is 28.6. The van der Waals surface area contributed by atoms with Crippen molar-refractivity contribution in [1.82, 2.24) is 0 Å². The summed E-state index contributed by atoms with van der Waals surface area (Å²) in [7, 11) is -3.68. The van der Waals surface area contributed by atoms with E-state index in [4.69, 9.17) is 0 Å². The summed E-state index contributed by atoms with van der Waals surface area (Å²) >= 11 is 0. The van der Waals surface area contributed by atoms with Crippen LogP contribution in [0.4, 0.5) is 11.4 Å². The van der Waals surface area contributed by atoms with Crippen LogP contribution in [-0.4, -0.2) is 20.9 Å². The van der Waals surface area contributed by atoms with Gasteiger partial charge in [0, 0.05) is 24.3 Å². The average molecular weight is 387 g/mol. The average Bonchev–Trinajstić information content (AvgIpc) is 2.56. The van der Waals surface area contributed by atoms with Crippen molar-refractivity contribution in [1.29, 1.82) is 0 Å². The number of nitrogens with one attached hydrogen (secondary N) is 1. The molecule has 144 valence electrons. The van der Waals surface area contributed by atoms with Crippen molar-refractivity contribution in [2.75, 3.05) is 16.2 Å². The van der Waals surface area contributed by atoms with Crippen LogP contribution in [0.15, 0.2) is 35.2 Å². The van der Waals surface area contributed by atoms with E-state index in [1.54, 1.807) is 11.0 Å². The fourth-order valence-electron chi connectivity index (χ4n) is 3.89. The number of sulfonamides is 1. The third-order valence-electron chi connectivity index (χ3n) is 4.85. The van der Waals surface area contributed by atoms with Crippen LogP contribution in [-0.2, 0) is 21.2 Å². The summed E-state index contributed by atoms with van der Waals surface area (Å²) in [5, 5.41) is 0. The first-order valence-corrected chi connectivity index (χ1v) is 10.7. The van der Waals surface area contributed by atoms with Crippen molar-refractivity contribution in [3.8, 4) is 0 Å². The molecule has 1 amide bonds. The first kappa shape index (κ1) is 19.4. The molecule has 6 heteroatoms. The monoisotopic (exact) mass is 386 g/mol. The lowest BCUT2D eigenvalue weighted by molar-refractivity contribution is -0.118. The predicted octanol–water partition coefficient (Wildman–Crippen LogP) is 4.10. The molecule has 2 aromatic carbocycles. The number of aryl methyl sites for hydroxylation is 4. The number of fused-ring (bicyclic) bond motifs is 1. The van der Waals surface area contributed by atoms with Crippen molar-refractivity contribution >= 4 is 27.3 Å². The molecule has 27 heavy (non-hydrogen) atoms. The van der Waals surface area contributed by atoms with Crippen LogP contribution in [0.25, 0.3) is 0 Å². The van der Waals surface area contributed by atoms with Crippen molar-refractivity contribution in [2.24, 2.45) is 0 Å². The molecular formula is C21H26N2O3S. The van der Waals surface area contributed by atoms with Gasteiger partial charge in [0.05, 0.1) is 4.90 Å². The first-order chi connectivity index (χ1) is 12.7. The van der Waals surface area contributed by atoms with Gasteiger partial charge in [0.1, 0.15) is 0 Å². The number of hydrogen-bond donors (Lipinski definition) is 1. The number of rotatable bonds is 5. The largest absolute Gasteiger partial charge is 0.312 e. The maximum Gasteiger partial charge on any atom is 0.262 e. The van der Waals surface area contributed by atoms with E-state index < -0.39 is 10.0 Å². The number of nitrogens with zero attached hydrogens (tertiary/aromatic N) is 1. The zero-order valence-electron chi connectivity index (χ0n) is 16.3. The SMILES string of the molecule is CCCN1C(=O)CCc2cc(NS(=O)(=O)c3c(C)cc(C)cc3C)ccc21. The van der Waals surface area contributed by atoms with Gasteiger partial charge in [-0.1, -0.05) is 24.6 Å². The Balaban J connectivity index is 1.94. The normalized spacial score (nSPS) is 14.2. The predicted molar refractivity (Wildman–Crippen MR) is 109 cm³/mol. The Labute approximate surface area is 161 Å². The first-order valence-electron chi connectivity index (χ1n) is 9.27. The van der Waals surface area contributed by atoms with E-state index in [1.807, 2.05) is 52.0 Å². The Morgan fingerprint density at radius 3 is 2.33 bits per heavy atom. The molecule has 1 heterocycles. The summed E-state index contributed by atoms with van der Waals surface area (Å²) in [4.78, 5) is 14.3. The number of benzene rings is 2. The molecule has 1 N–H and O–H groups in total. The van der Waals surface area contributed by atoms with E-state index in [1.165, 1.54) is 0 Å². The fraction of sp³-hybridized carbons (Fsp3) is 0.381. The molecule has 1 aliphatic heterocycles. The standard InChI is InChI=1S/C21H26N2O3S/c1-5-10-23-19-8-7-18(13-17(19)6-9-20(23)24)22-27(25,26)21-15(3)11-14(2)12-16(21)4/h7-8,11-13,22H,5-6,9-10H2,1-4H3. The second kappa shape index (κ2) is 7.35. The zero-order chi connectivity index (χ0) is 19.8. The molecule has 0 aliphatic carbocycles. The lowest BCUT2D eigenvalue weighted by Crippen LogP contribution is -2.35. The highest BCUT2D eigenvalue weighted by Crippen LogP contribution is 2.32. The van der Waals surface area contributed by atoms with Crippen LogP contribution in [0.3, 0.4) is 0 Å². The molecule has 3 rings (SSSR count). The molecular weight excluding hydrogens is 360 g/mol. The van der Waals surface area contributed by atoms with E-state index in [9.17, 15) is 13.2 Å². The molecule has 2 aromatic rings. The maximum absolute atomic E-state index is 13.0. The highest BCUT2D eigenvalue weighted by atomic mass is 32.2. The molecule has 0 atom stereocenters. The minimum Gasteiger partial charge on any atom is -0.312 e. The van der Waals surface area contributed by atoms with Gasteiger partial charge in [-0.05, 0) is 68.5 Å². The smallest absolute Gasteiger partial charge is 0.262 e. The fourth-order valence-corrected chi connectivity index (χ4v) is 5.39. The highest BCUT2D eigenvalue weighted by molar-refractivity contribution is 7.92. The summed E-state index contributed by atoms with van der Waals surface area (Å²) in [6.07, 6.45) is 1.97. The molecule has 0 aromatic heterocycles. The second-order valence-electron chi connectivity index (χ2n) is 7.22. The number of carbonyl (C=O) groups excluding carboxylic acids is 1. The number of anilines is 2. The van der Waals surface area contributed by atoms with Gasteiger partial charge in [-0.2, -0.15) is 0 Å². The van der Waals surface area contributed by atoms with Gasteiger partial charge < -0.3 is 4.90 Å². The van der Waals surface area contributed by atoms with E-state index in [0.29, 0.717) is 30.0 Å². The van der Waals surface area contributed by atoms with Crippen LogP contribution in [0.2, 0.25) is 0 Å². The Morgan fingerprint density at radius 2 is 1.70 bits per heavy atom. The van der Waals surface area contributed by atoms with Gasteiger partial charge in [-0.25, -0.2) is 8.42 Å². The summed E-state index contributed by atoms with van der Waals surface area (Å²) in [5.41, 5.74) is 4.92. The van der Waals surface area contributed by atoms with E-state index in [-0.39, 0.29) is 5.91 Å². The van der Waals surface area contributed by atoms with Gasteiger partial charge in [0.25, 0.3) is 10.0 Å². The Kier molecular flexibility index (Phi) is 5.29. The molecule has 0 fully saturated rings. The van der Waals surface area contributed by atoms with Crippen molar-refractivity contribution in [3.05, 3.63) is 52.6 Å². The lowest BCUT2D eigenvalue weighted by atomic mass is 10.0. The molecule has 0 bridgehead atoms. The second-order valence-corrected chi connectivity index (χ2v) is 8.84. The minimum atomic E-state index is -3.68. The third kappa shape index (κ3) is 3.86. The van der Waals surface area contributed by atoms with Crippen LogP contribution in [0.1, 0.15) is 42.0 Å². The van der Waals surface area contributed by atoms with Crippen LogP contribution < -0.4 is 9.62 Å². The molecule has 0 spiro atoms. The Hall–Kier alpha value is -2.34. The lowest BCUT2D eigenvalue weighted by Gasteiger charge is -2.29. The molecule has 0 radical (unpaired) electrons. The number of hydrogen-bond acceptors (Lipinski definition) is 3. The number of carbonyl (C=O) groups is 1. The van der Waals surface area contributed by atoms with Crippen molar-refractivity contribution < 1.29 is 13.2 Å². The van der Waals surface area contributed by atoms with Crippen molar-refractivity contribution in [2.45, 2.75) is 51.9 Å². The molecule has 5 nitrogen and oxygen atoms in total.